The third kappa shape index (κ3) is 4.67. The van der Waals surface area contributed by atoms with Gasteiger partial charge in [-0.1, -0.05) is 0 Å². The number of carbonyl (C=O) groups is 1. The van der Waals surface area contributed by atoms with Crippen LogP contribution in [0.5, 0.6) is 0 Å². The number of nitrogens with one attached hydrogen (secondary N) is 2. The van der Waals surface area contributed by atoms with E-state index in [1.54, 1.807) is 18.3 Å². The molecule has 0 spiro atoms. The number of nitrogens with zero attached hydrogens (tertiary/aromatic N) is 3. The second-order valence-electron chi connectivity index (χ2n) is 6.44. The Balaban J connectivity index is 1.37. The number of amides is 1. The van der Waals surface area contributed by atoms with Crippen molar-refractivity contribution in [2.75, 3.05) is 31.5 Å². The fourth-order valence-corrected chi connectivity index (χ4v) is 2.95. The van der Waals surface area contributed by atoms with Crippen LogP contribution in [-0.4, -0.2) is 48.0 Å². The van der Waals surface area contributed by atoms with Crippen molar-refractivity contribution in [3.63, 3.8) is 0 Å². The number of hydrogen-bond donors (Lipinski definition) is 2. The van der Waals surface area contributed by atoms with Gasteiger partial charge in [-0.2, -0.15) is 5.26 Å². The van der Waals surface area contributed by atoms with Gasteiger partial charge in [0.05, 0.1) is 5.56 Å². The number of rotatable bonds is 7. The minimum Gasteiger partial charge on any atom is -0.369 e. The molecule has 0 bridgehead atoms. The average molecular weight is 313 g/mol. The van der Waals surface area contributed by atoms with E-state index in [4.69, 9.17) is 5.26 Å². The number of hydrogen-bond acceptors (Lipinski definition) is 5. The molecule has 2 N–H and O–H groups in total. The van der Waals surface area contributed by atoms with E-state index >= 15 is 0 Å². The highest BCUT2D eigenvalue weighted by molar-refractivity contribution is 5.76. The van der Waals surface area contributed by atoms with Gasteiger partial charge in [0.1, 0.15) is 11.9 Å². The second kappa shape index (κ2) is 7.42. The van der Waals surface area contributed by atoms with Crippen molar-refractivity contribution in [2.24, 2.45) is 5.92 Å². The first-order valence-corrected chi connectivity index (χ1v) is 8.35. The lowest BCUT2D eigenvalue weighted by Gasteiger charge is -2.16. The van der Waals surface area contributed by atoms with Gasteiger partial charge in [0.25, 0.3) is 0 Å². The zero-order valence-electron chi connectivity index (χ0n) is 13.3. The Hall–Kier alpha value is -2.13. The Bertz CT molecular complexity index is 593. The molecule has 122 valence electrons. The third-order valence-corrected chi connectivity index (χ3v) is 4.45. The topological polar surface area (TPSA) is 81.1 Å². The number of nitriles is 1. The van der Waals surface area contributed by atoms with Crippen LogP contribution in [0.2, 0.25) is 0 Å². The molecule has 6 heteroatoms. The zero-order chi connectivity index (χ0) is 16.1. The summed E-state index contributed by atoms with van der Waals surface area (Å²) in [7, 11) is 0. The molecule has 6 nitrogen and oxygen atoms in total. The van der Waals surface area contributed by atoms with E-state index in [0.717, 1.165) is 45.4 Å². The van der Waals surface area contributed by atoms with E-state index in [-0.39, 0.29) is 5.91 Å². The minimum atomic E-state index is 0.182. The first-order valence-electron chi connectivity index (χ1n) is 8.35. The molecule has 0 radical (unpaired) electrons. The van der Waals surface area contributed by atoms with Gasteiger partial charge in [0, 0.05) is 38.3 Å². The van der Waals surface area contributed by atoms with Crippen molar-refractivity contribution in [1.82, 2.24) is 15.2 Å². The summed E-state index contributed by atoms with van der Waals surface area (Å²) in [5.41, 5.74) is 0.583. The van der Waals surface area contributed by atoms with Crippen molar-refractivity contribution >= 4 is 11.7 Å². The van der Waals surface area contributed by atoms with E-state index in [1.807, 2.05) is 0 Å². The molecular formula is C17H23N5O. The van der Waals surface area contributed by atoms with E-state index in [9.17, 15) is 4.79 Å². The molecule has 2 heterocycles. The molecule has 1 saturated carbocycles. The van der Waals surface area contributed by atoms with Crippen LogP contribution in [-0.2, 0) is 4.79 Å². The Morgan fingerprint density at radius 1 is 1.43 bits per heavy atom. The van der Waals surface area contributed by atoms with Gasteiger partial charge in [0.2, 0.25) is 5.91 Å². The third-order valence-electron chi connectivity index (χ3n) is 4.45. The number of likely N-dealkylation sites (tertiary alicyclic amines) is 1. The number of aromatic nitrogens is 1. The zero-order valence-corrected chi connectivity index (χ0v) is 13.3. The molecule has 1 aromatic heterocycles. The summed E-state index contributed by atoms with van der Waals surface area (Å²) in [4.78, 5) is 18.3. The van der Waals surface area contributed by atoms with Gasteiger partial charge in [-0.05, 0) is 43.9 Å². The fraction of sp³-hybridized carbons (Fsp3) is 0.588. The van der Waals surface area contributed by atoms with Gasteiger partial charge >= 0.3 is 0 Å². The highest BCUT2D eigenvalue weighted by Gasteiger charge is 2.25. The monoisotopic (exact) mass is 313 g/mol. The Morgan fingerprint density at radius 2 is 2.30 bits per heavy atom. The van der Waals surface area contributed by atoms with Crippen LogP contribution in [0.25, 0.3) is 0 Å². The lowest BCUT2D eigenvalue weighted by atomic mass is 10.1. The number of pyridine rings is 1. The lowest BCUT2D eigenvalue weighted by Crippen LogP contribution is -2.31. The summed E-state index contributed by atoms with van der Waals surface area (Å²) in [5.74, 6) is 1.38. The van der Waals surface area contributed by atoms with E-state index < -0.39 is 0 Å². The summed E-state index contributed by atoms with van der Waals surface area (Å²) in [5, 5.41) is 15.4. The quantitative estimate of drug-likeness (QED) is 0.794. The maximum absolute atomic E-state index is 11.7. The predicted molar refractivity (Wildman–Crippen MR) is 87.8 cm³/mol. The maximum atomic E-state index is 11.7. The molecule has 2 fully saturated rings. The predicted octanol–water partition coefficient (Wildman–Crippen LogP) is 1.36. The molecule has 3 rings (SSSR count). The summed E-state index contributed by atoms with van der Waals surface area (Å²) < 4.78 is 0. The normalized spacial score (nSPS) is 20.9. The summed E-state index contributed by atoms with van der Waals surface area (Å²) in [6.45, 7) is 3.69. The molecule has 1 aromatic rings. The molecule has 1 atom stereocenters. The largest absolute Gasteiger partial charge is 0.369 e. The number of carbonyl (C=O) groups excluding carboxylic acids is 1. The maximum Gasteiger partial charge on any atom is 0.221 e. The smallest absolute Gasteiger partial charge is 0.221 e. The molecule has 1 saturated heterocycles. The van der Waals surface area contributed by atoms with E-state index in [1.165, 1.54) is 0 Å². The van der Waals surface area contributed by atoms with Crippen LogP contribution < -0.4 is 10.6 Å². The highest BCUT2D eigenvalue weighted by Crippen LogP contribution is 2.20. The van der Waals surface area contributed by atoms with Crippen LogP contribution >= 0.6 is 0 Å². The SMILES string of the molecule is N#Cc1cccnc1NC[C@H]1CCN(CCC(=O)NC2CC2)C1. The van der Waals surface area contributed by atoms with Crippen LogP contribution in [0.1, 0.15) is 31.2 Å². The summed E-state index contributed by atoms with van der Waals surface area (Å²) in [6.07, 6.45) is 5.69. The Morgan fingerprint density at radius 3 is 3.09 bits per heavy atom. The van der Waals surface area contributed by atoms with Crippen molar-refractivity contribution < 1.29 is 4.79 Å². The van der Waals surface area contributed by atoms with Crippen molar-refractivity contribution in [2.45, 2.75) is 31.7 Å². The van der Waals surface area contributed by atoms with Gasteiger partial charge in [0.15, 0.2) is 0 Å². The lowest BCUT2D eigenvalue weighted by molar-refractivity contribution is -0.121. The molecule has 1 amide bonds. The van der Waals surface area contributed by atoms with Gasteiger partial charge < -0.3 is 15.5 Å². The molecule has 23 heavy (non-hydrogen) atoms. The second-order valence-corrected chi connectivity index (χ2v) is 6.44. The number of anilines is 1. The molecule has 0 unspecified atom stereocenters. The summed E-state index contributed by atoms with van der Waals surface area (Å²) in [6, 6.07) is 6.15. The van der Waals surface area contributed by atoms with Crippen molar-refractivity contribution in [1.29, 1.82) is 5.26 Å². The van der Waals surface area contributed by atoms with E-state index in [0.29, 0.717) is 29.8 Å². The molecule has 0 aromatic carbocycles. The van der Waals surface area contributed by atoms with Gasteiger partial charge in [-0.25, -0.2) is 4.98 Å². The molecule has 2 aliphatic rings. The van der Waals surface area contributed by atoms with Crippen LogP contribution in [0.4, 0.5) is 5.82 Å². The van der Waals surface area contributed by atoms with Crippen LogP contribution in [0.3, 0.4) is 0 Å². The Labute approximate surface area is 136 Å². The van der Waals surface area contributed by atoms with Gasteiger partial charge in [-0.15, -0.1) is 0 Å². The summed E-state index contributed by atoms with van der Waals surface area (Å²) >= 11 is 0. The molecular weight excluding hydrogens is 290 g/mol. The van der Waals surface area contributed by atoms with E-state index in [2.05, 4.69) is 26.6 Å². The molecule has 1 aliphatic heterocycles. The first kappa shape index (κ1) is 15.8. The van der Waals surface area contributed by atoms with Gasteiger partial charge in [-0.3, -0.25) is 4.79 Å². The standard InChI is InChI=1S/C17H23N5O/c18-10-14-2-1-7-19-17(14)20-11-13-5-8-22(12-13)9-6-16(23)21-15-3-4-15/h1-2,7,13,15H,3-6,8-9,11-12H2,(H,19,20)(H,21,23)/t13-/m1/s1. The van der Waals surface area contributed by atoms with Crippen LogP contribution in [0, 0.1) is 17.2 Å². The average Bonchev–Trinajstić information content (AvgIpc) is 3.26. The first-order chi connectivity index (χ1) is 11.2. The fourth-order valence-electron chi connectivity index (χ4n) is 2.95. The Kier molecular flexibility index (Phi) is 5.09. The highest BCUT2D eigenvalue weighted by atomic mass is 16.1. The van der Waals surface area contributed by atoms with Crippen molar-refractivity contribution in [3.8, 4) is 6.07 Å². The minimum absolute atomic E-state index is 0.182. The van der Waals surface area contributed by atoms with Crippen LogP contribution in [0.15, 0.2) is 18.3 Å². The molecule has 1 aliphatic carbocycles. The van der Waals surface area contributed by atoms with Crippen molar-refractivity contribution in [3.05, 3.63) is 23.9 Å².